The monoisotopic (exact) mass is 228 g/mol. The molecule has 2 atom stereocenters. The molecule has 4 N–H and O–H groups in total. The lowest BCUT2D eigenvalue weighted by Crippen LogP contribution is -3.15. The molecule has 3 nitrogen and oxygen atoms in total. The van der Waals surface area contributed by atoms with Crippen molar-refractivity contribution in [2.45, 2.75) is 50.7 Å². The third-order valence-corrected chi connectivity index (χ3v) is 4.66. The van der Waals surface area contributed by atoms with Gasteiger partial charge in [0.05, 0.1) is 18.7 Å². The third-order valence-electron chi connectivity index (χ3n) is 4.66. The van der Waals surface area contributed by atoms with E-state index >= 15 is 0 Å². The van der Waals surface area contributed by atoms with Gasteiger partial charge in [-0.2, -0.15) is 0 Å². The Balaban J connectivity index is 1.83. The lowest BCUT2D eigenvalue weighted by atomic mass is 9.81. The summed E-state index contributed by atoms with van der Waals surface area (Å²) in [4.78, 5) is 1.84. The number of quaternary nitrogens is 2. The minimum Gasteiger partial charge on any atom is -0.381 e. The van der Waals surface area contributed by atoms with E-state index in [1.807, 2.05) is 12.0 Å². The molecule has 1 unspecified atom stereocenters. The van der Waals surface area contributed by atoms with Crippen molar-refractivity contribution >= 4 is 0 Å². The van der Waals surface area contributed by atoms with E-state index in [1.165, 1.54) is 51.6 Å². The molecule has 1 heterocycles. The van der Waals surface area contributed by atoms with Crippen LogP contribution >= 0.6 is 0 Å². The molecule has 3 heteroatoms. The van der Waals surface area contributed by atoms with Gasteiger partial charge in [0.25, 0.3) is 0 Å². The fraction of sp³-hybridized carbons (Fsp3) is 1.00. The quantitative estimate of drug-likeness (QED) is 0.668. The zero-order valence-electron chi connectivity index (χ0n) is 10.7. The molecule has 94 valence electrons. The van der Waals surface area contributed by atoms with Gasteiger partial charge in [0.2, 0.25) is 0 Å². The van der Waals surface area contributed by atoms with E-state index in [9.17, 15) is 0 Å². The van der Waals surface area contributed by atoms with Crippen LogP contribution in [0.2, 0.25) is 0 Å². The summed E-state index contributed by atoms with van der Waals surface area (Å²) >= 11 is 0. The first-order valence-electron chi connectivity index (χ1n) is 7.01. The van der Waals surface area contributed by atoms with E-state index in [2.05, 4.69) is 5.73 Å². The zero-order valence-corrected chi connectivity index (χ0v) is 10.7. The predicted molar refractivity (Wildman–Crippen MR) is 64.2 cm³/mol. The van der Waals surface area contributed by atoms with Gasteiger partial charge in [-0.3, -0.25) is 0 Å². The molecule has 0 spiro atoms. The molecule has 1 saturated heterocycles. The second-order valence-corrected chi connectivity index (χ2v) is 5.53. The molecule has 1 saturated carbocycles. The summed E-state index contributed by atoms with van der Waals surface area (Å²) in [7, 11) is 1.86. The van der Waals surface area contributed by atoms with E-state index in [0.717, 1.165) is 18.5 Å². The second kappa shape index (κ2) is 5.99. The lowest BCUT2D eigenvalue weighted by molar-refractivity contribution is -0.921. The SMILES string of the molecule is COC1CCC([C@@H]2CCC[NH+]2CC[NH3+])CC1. The minimum atomic E-state index is 0.550. The van der Waals surface area contributed by atoms with Crippen molar-refractivity contribution in [2.24, 2.45) is 5.92 Å². The van der Waals surface area contributed by atoms with Gasteiger partial charge in [0.15, 0.2) is 0 Å². The van der Waals surface area contributed by atoms with Crippen molar-refractivity contribution in [3.63, 3.8) is 0 Å². The highest BCUT2D eigenvalue weighted by molar-refractivity contribution is 4.79. The maximum atomic E-state index is 5.46. The fourth-order valence-electron chi connectivity index (χ4n) is 3.77. The number of hydrogen-bond donors (Lipinski definition) is 2. The Morgan fingerprint density at radius 2 is 1.94 bits per heavy atom. The first kappa shape index (κ1) is 12.3. The van der Waals surface area contributed by atoms with E-state index in [0.29, 0.717) is 6.10 Å². The Bertz CT molecular complexity index is 202. The average molecular weight is 228 g/mol. The molecule has 16 heavy (non-hydrogen) atoms. The fourth-order valence-corrected chi connectivity index (χ4v) is 3.77. The maximum absolute atomic E-state index is 5.46. The molecule has 0 bridgehead atoms. The van der Waals surface area contributed by atoms with Crippen LogP contribution in [0.1, 0.15) is 38.5 Å². The molecule has 0 aromatic carbocycles. The normalized spacial score (nSPS) is 40.1. The number of nitrogens with one attached hydrogen (secondary N) is 1. The highest BCUT2D eigenvalue weighted by Gasteiger charge is 2.37. The first-order chi connectivity index (χ1) is 7.85. The van der Waals surface area contributed by atoms with Crippen LogP contribution in [0.15, 0.2) is 0 Å². The Kier molecular flexibility index (Phi) is 4.62. The number of rotatable bonds is 4. The van der Waals surface area contributed by atoms with Crippen LogP contribution in [0.4, 0.5) is 0 Å². The highest BCUT2D eigenvalue weighted by atomic mass is 16.5. The summed E-state index contributed by atoms with van der Waals surface area (Å²) in [5.74, 6) is 0.968. The topological polar surface area (TPSA) is 41.3 Å². The summed E-state index contributed by atoms with van der Waals surface area (Å²) < 4.78 is 5.46. The third kappa shape index (κ3) is 2.76. The molecule has 0 aromatic rings. The van der Waals surface area contributed by atoms with E-state index in [-0.39, 0.29) is 0 Å². The molecule has 0 radical (unpaired) electrons. The molecule has 2 aliphatic rings. The van der Waals surface area contributed by atoms with Crippen LogP contribution in [-0.4, -0.2) is 38.9 Å². The smallest absolute Gasteiger partial charge is 0.127 e. The standard InChI is InChI=1S/C13H26N2O/c1-16-12-6-4-11(5-7-12)13-3-2-9-15(13)10-8-14/h11-13H,2-10,14H2,1H3/p+2/t11?,12?,13-/m0/s1. The molecule has 1 aliphatic heterocycles. The Morgan fingerprint density at radius 3 is 2.56 bits per heavy atom. The summed E-state index contributed by atoms with van der Waals surface area (Å²) in [5.41, 5.74) is 4.01. The van der Waals surface area contributed by atoms with Crippen molar-refractivity contribution in [1.29, 1.82) is 0 Å². The van der Waals surface area contributed by atoms with Gasteiger partial charge < -0.3 is 15.4 Å². The van der Waals surface area contributed by atoms with Crippen LogP contribution in [0, 0.1) is 5.92 Å². The van der Waals surface area contributed by atoms with Gasteiger partial charge in [0.1, 0.15) is 13.1 Å². The van der Waals surface area contributed by atoms with Gasteiger partial charge in [-0.05, 0) is 25.7 Å². The molecule has 0 aromatic heterocycles. The van der Waals surface area contributed by atoms with E-state index < -0.39 is 0 Å². The van der Waals surface area contributed by atoms with Gasteiger partial charge in [-0.25, -0.2) is 0 Å². The average Bonchev–Trinajstić information content (AvgIpc) is 2.78. The molecule has 1 aliphatic carbocycles. The van der Waals surface area contributed by atoms with Gasteiger partial charge in [0, 0.05) is 25.9 Å². The zero-order chi connectivity index (χ0) is 11.4. The molecule has 0 amide bonds. The van der Waals surface area contributed by atoms with Crippen LogP contribution in [0.5, 0.6) is 0 Å². The molecular weight excluding hydrogens is 200 g/mol. The second-order valence-electron chi connectivity index (χ2n) is 5.53. The van der Waals surface area contributed by atoms with Crippen molar-refractivity contribution in [1.82, 2.24) is 0 Å². The first-order valence-corrected chi connectivity index (χ1v) is 7.01. The molecule has 2 rings (SSSR count). The van der Waals surface area contributed by atoms with Crippen molar-refractivity contribution in [2.75, 3.05) is 26.7 Å². The number of methoxy groups -OCH3 is 1. The number of ether oxygens (including phenoxy) is 1. The lowest BCUT2D eigenvalue weighted by Gasteiger charge is -2.33. The molecule has 2 fully saturated rings. The van der Waals surface area contributed by atoms with Gasteiger partial charge in [-0.15, -0.1) is 0 Å². The van der Waals surface area contributed by atoms with Crippen molar-refractivity contribution in [3.05, 3.63) is 0 Å². The number of likely N-dealkylation sites (tertiary alicyclic amines) is 1. The van der Waals surface area contributed by atoms with Gasteiger partial charge >= 0.3 is 0 Å². The van der Waals surface area contributed by atoms with Crippen LogP contribution in [-0.2, 0) is 4.74 Å². The minimum absolute atomic E-state index is 0.550. The van der Waals surface area contributed by atoms with Crippen LogP contribution in [0.3, 0.4) is 0 Å². The Hall–Kier alpha value is -0.120. The van der Waals surface area contributed by atoms with Crippen LogP contribution < -0.4 is 10.6 Å². The Morgan fingerprint density at radius 1 is 1.19 bits per heavy atom. The summed E-state index contributed by atoms with van der Waals surface area (Å²) in [5, 5.41) is 0. The summed E-state index contributed by atoms with van der Waals surface area (Å²) in [6, 6.07) is 0.944. The highest BCUT2D eigenvalue weighted by Crippen LogP contribution is 2.29. The summed E-state index contributed by atoms with van der Waals surface area (Å²) in [6.45, 7) is 3.78. The van der Waals surface area contributed by atoms with Crippen LogP contribution in [0.25, 0.3) is 0 Å². The van der Waals surface area contributed by atoms with E-state index in [1.54, 1.807) is 0 Å². The van der Waals surface area contributed by atoms with Crippen molar-refractivity contribution in [3.8, 4) is 0 Å². The predicted octanol–water partition coefficient (Wildman–Crippen LogP) is -0.519. The summed E-state index contributed by atoms with van der Waals surface area (Å²) in [6.07, 6.45) is 8.80. The van der Waals surface area contributed by atoms with E-state index in [4.69, 9.17) is 4.74 Å². The van der Waals surface area contributed by atoms with Crippen molar-refractivity contribution < 1.29 is 15.4 Å². The number of hydrogen-bond acceptors (Lipinski definition) is 1. The molecular formula is C13H28N2O+2. The Labute approximate surface area is 99.3 Å². The largest absolute Gasteiger partial charge is 0.381 e. The maximum Gasteiger partial charge on any atom is 0.127 e. The van der Waals surface area contributed by atoms with Gasteiger partial charge in [-0.1, -0.05) is 0 Å².